The van der Waals surface area contributed by atoms with E-state index in [2.05, 4.69) is 10.0 Å². The van der Waals surface area contributed by atoms with Gasteiger partial charge in [-0.15, -0.1) is 0 Å². The maximum absolute atomic E-state index is 12.1. The zero-order valence-electron chi connectivity index (χ0n) is 12.6. The van der Waals surface area contributed by atoms with Gasteiger partial charge in [0.25, 0.3) is 10.2 Å². The molecule has 2 N–H and O–H groups in total. The first kappa shape index (κ1) is 17.4. The summed E-state index contributed by atoms with van der Waals surface area (Å²) in [6.07, 6.45) is 2.82. The monoisotopic (exact) mass is 306 g/mol. The van der Waals surface area contributed by atoms with Gasteiger partial charge in [0, 0.05) is 26.2 Å². The maximum Gasteiger partial charge on any atom is 0.280 e. The molecule has 1 aliphatic heterocycles. The van der Waals surface area contributed by atoms with E-state index in [4.69, 9.17) is 0 Å². The summed E-state index contributed by atoms with van der Waals surface area (Å²) in [5, 5.41) is 2.71. The van der Waals surface area contributed by atoms with Crippen LogP contribution in [0, 0.1) is 0 Å². The molecular weight excluding hydrogens is 280 g/mol. The molecule has 0 aromatic rings. The highest BCUT2D eigenvalue weighted by molar-refractivity contribution is 7.87. The Morgan fingerprint density at radius 3 is 2.40 bits per heavy atom. The average Bonchev–Trinajstić information content (AvgIpc) is 2.38. The van der Waals surface area contributed by atoms with Gasteiger partial charge in [-0.2, -0.15) is 17.4 Å². The molecule has 0 aromatic heterocycles. The van der Waals surface area contributed by atoms with Gasteiger partial charge in [0.05, 0.1) is 6.04 Å². The maximum atomic E-state index is 12.1. The Morgan fingerprint density at radius 1 is 1.25 bits per heavy atom. The Kier molecular flexibility index (Phi) is 6.87. The number of carbonyl (C=O) groups is 1. The summed E-state index contributed by atoms with van der Waals surface area (Å²) in [7, 11) is 0.266. The van der Waals surface area contributed by atoms with E-state index in [0.29, 0.717) is 19.6 Å². The molecule has 0 saturated carbocycles. The highest BCUT2D eigenvalue weighted by Gasteiger charge is 2.27. The van der Waals surface area contributed by atoms with E-state index in [9.17, 15) is 13.2 Å². The highest BCUT2D eigenvalue weighted by atomic mass is 32.2. The Labute approximate surface area is 121 Å². The van der Waals surface area contributed by atoms with E-state index in [1.54, 1.807) is 6.92 Å². The zero-order chi connectivity index (χ0) is 15.2. The second-order valence-corrected chi connectivity index (χ2v) is 7.10. The van der Waals surface area contributed by atoms with E-state index < -0.39 is 16.3 Å². The van der Waals surface area contributed by atoms with Crippen molar-refractivity contribution < 1.29 is 13.2 Å². The van der Waals surface area contributed by atoms with Crippen LogP contribution in [0.25, 0.3) is 0 Å². The lowest BCUT2D eigenvalue weighted by Crippen LogP contribution is -2.51. The van der Waals surface area contributed by atoms with Crippen molar-refractivity contribution in [3.05, 3.63) is 0 Å². The van der Waals surface area contributed by atoms with Crippen LogP contribution in [-0.4, -0.2) is 69.8 Å². The quantitative estimate of drug-likeness (QED) is 0.656. The van der Waals surface area contributed by atoms with Crippen molar-refractivity contribution >= 4 is 16.1 Å². The Hall–Kier alpha value is -0.700. The van der Waals surface area contributed by atoms with Gasteiger partial charge >= 0.3 is 0 Å². The summed E-state index contributed by atoms with van der Waals surface area (Å²) in [5.74, 6) is -0.299. The second-order valence-electron chi connectivity index (χ2n) is 5.40. The van der Waals surface area contributed by atoms with Gasteiger partial charge in [-0.05, 0) is 33.9 Å². The van der Waals surface area contributed by atoms with E-state index in [1.165, 1.54) is 4.31 Å². The van der Waals surface area contributed by atoms with E-state index >= 15 is 0 Å². The Balaban J connectivity index is 2.43. The van der Waals surface area contributed by atoms with Gasteiger partial charge < -0.3 is 10.2 Å². The first-order valence-electron chi connectivity index (χ1n) is 7.03. The molecule has 1 amide bonds. The molecule has 0 spiro atoms. The molecule has 1 rings (SSSR count). The Bertz CT molecular complexity index is 405. The van der Waals surface area contributed by atoms with Gasteiger partial charge in [-0.3, -0.25) is 4.79 Å². The summed E-state index contributed by atoms with van der Waals surface area (Å²) < 4.78 is 28.1. The molecule has 1 atom stereocenters. The third-order valence-corrected chi connectivity index (χ3v) is 4.93. The number of carbonyl (C=O) groups excluding carboxylic acids is 1. The van der Waals surface area contributed by atoms with Crippen LogP contribution < -0.4 is 10.0 Å². The zero-order valence-corrected chi connectivity index (χ0v) is 13.4. The first-order valence-corrected chi connectivity index (χ1v) is 8.47. The minimum absolute atomic E-state index is 0.299. The molecule has 1 heterocycles. The Morgan fingerprint density at radius 2 is 1.85 bits per heavy atom. The van der Waals surface area contributed by atoms with Crippen LogP contribution in [0.3, 0.4) is 0 Å². The predicted octanol–water partition coefficient (Wildman–Crippen LogP) is -0.627. The molecule has 0 aliphatic carbocycles. The summed E-state index contributed by atoms with van der Waals surface area (Å²) in [5.41, 5.74) is 0. The summed E-state index contributed by atoms with van der Waals surface area (Å²) in [6, 6.07) is -0.760. The van der Waals surface area contributed by atoms with Crippen LogP contribution in [0.1, 0.15) is 26.2 Å². The smallest absolute Gasteiger partial charge is 0.280 e. The lowest BCUT2D eigenvalue weighted by Gasteiger charge is -2.27. The molecule has 7 nitrogen and oxygen atoms in total. The molecule has 1 fully saturated rings. The SMILES string of the molecule is CC(NS(=O)(=O)N1CCCCC1)C(=O)NCCN(C)C. The van der Waals surface area contributed by atoms with Crippen molar-refractivity contribution in [2.24, 2.45) is 0 Å². The third kappa shape index (κ3) is 5.74. The molecule has 8 heteroatoms. The normalized spacial score (nSPS) is 19.0. The molecule has 0 bridgehead atoms. The highest BCUT2D eigenvalue weighted by Crippen LogP contribution is 2.12. The van der Waals surface area contributed by atoms with Gasteiger partial charge in [0.1, 0.15) is 0 Å². The van der Waals surface area contributed by atoms with Crippen molar-refractivity contribution in [1.29, 1.82) is 0 Å². The number of rotatable bonds is 7. The van der Waals surface area contributed by atoms with Gasteiger partial charge in [0.15, 0.2) is 0 Å². The molecule has 1 unspecified atom stereocenters. The van der Waals surface area contributed by atoms with Crippen LogP contribution in [0.2, 0.25) is 0 Å². The molecule has 118 valence electrons. The number of nitrogens with one attached hydrogen (secondary N) is 2. The van der Waals surface area contributed by atoms with Crippen molar-refractivity contribution in [1.82, 2.24) is 19.2 Å². The standard InChI is InChI=1S/C12H26N4O3S/c1-11(12(17)13-7-10-15(2)3)14-20(18,19)16-8-5-4-6-9-16/h11,14H,4-10H2,1-3H3,(H,13,17). The van der Waals surface area contributed by atoms with Crippen LogP contribution in [0.5, 0.6) is 0 Å². The number of likely N-dealkylation sites (N-methyl/N-ethyl adjacent to an activating group) is 1. The molecule has 0 aromatic carbocycles. The molecule has 1 aliphatic rings. The summed E-state index contributed by atoms with van der Waals surface area (Å²) >= 11 is 0. The number of hydrogen-bond donors (Lipinski definition) is 2. The fourth-order valence-electron chi connectivity index (χ4n) is 2.01. The topological polar surface area (TPSA) is 81.8 Å². The van der Waals surface area contributed by atoms with Crippen molar-refractivity contribution in [3.63, 3.8) is 0 Å². The molecule has 1 saturated heterocycles. The molecule has 0 radical (unpaired) electrons. The van der Waals surface area contributed by atoms with Crippen LogP contribution in [-0.2, 0) is 15.0 Å². The minimum atomic E-state index is -3.56. The lowest BCUT2D eigenvalue weighted by molar-refractivity contribution is -0.122. The van der Waals surface area contributed by atoms with E-state index in [1.807, 2.05) is 19.0 Å². The van der Waals surface area contributed by atoms with Gasteiger partial charge in [-0.1, -0.05) is 6.42 Å². The van der Waals surface area contributed by atoms with Crippen molar-refractivity contribution in [3.8, 4) is 0 Å². The average molecular weight is 306 g/mol. The van der Waals surface area contributed by atoms with E-state index in [0.717, 1.165) is 25.8 Å². The number of amides is 1. The molecule has 20 heavy (non-hydrogen) atoms. The largest absolute Gasteiger partial charge is 0.353 e. The second kappa shape index (κ2) is 7.92. The first-order chi connectivity index (χ1) is 9.33. The number of nitrogens with zero attached hydrogens (tertiary/aromatic N) is 2. The van der Waals surface area contributed by atoms with Crippen molar-refractivity contribution in [2.45, 2.75) is 32.2 Å². The van der Waals surface area contributed by atoms with Gasteiger partial charge in [0.2, 0.25) is 5.91 Å². The van der Waals surface area contributed by atoms with Crippen LogP contribution in [0.4, 0.5) is 0 Å². The van der Waals surface area contributed by atoms with E-state index in [-0.39, 0.29) is 5.91 Å². The van der Waals surface area contributed by atoms with Crippen LogP contribution >= 0.6 is 0 Å². The van der Waals surface area contributed by atoms with Crippen LogP contribution in [0.15, 0.2) is 0 Å². The lowest BCUT2D eigenvalue weighted by atomic mass is 10.2. The number of hydrogen-bond acceptors (Lipinski definition) is 4. The third-order valence-electron chi connectivity index (χ3n) is 3.23. The summed E-state index contributed by atoms with van der Waals surface area (Å²) in [6.45, 7) is 3.85. The predicted molar refractivity (Wildman–Crippen MR) is 78.5 cm³/mol. The van der Waals surface area contributed by atoms with Crippen molar-refractivity contribution in [2.75, 3.05) is 40.3 Å². The summed E-state index contributed by atoms with van der Waals surface area (Å²) in [4.78, 5) is 13.8. The number of piperidine rings is 1. The fraction of sp³-hybridized carbons (Fsp3) is 0.917. The minimum Gasteiger partial charge on any atom is -0.353 e. The van der Waals surface area contributed by atoms with Gasteiger partial charge in [-0.25, -0.2) is 0 Å². The fourth-order valence-corrected chi connectivity index (χ4v) is 3.45. The molecular formula is C12H26N4O3S.